The second-order valence-electron chi connectivity index (χ2n) is 8.14. The van der Waals surface area contributed by atoms with Crippen LogP contribution in [0.3, 0.4) is 0 Å². The van der Waals surface area contributed by atoms with Crippen LogP contribution in [0, 0.1) is 6.92 Å². The lowest BCUT2D eigenvalue weighted by Crippen LogP contribution is -2.31. The third-order valence-corrected chi connectivity index (χ3v) is 6.11. The van der Waals surface area contributed by atoms with Crippen molar-refractivity contribution in [1.29, 1.82) is 0 Å². The Morgan fingerprint density at radius 2 is 1.91 bits per heavy atom. The summed E-state index contributed by atoms with van der Waals surface area (Å²) in [5, 5.41) is 0. The van der Waals surface area contributed by atoms with Crippen LogP contribution in [-0.2, 0) is 4.79 Å². The number of benzene rings is 2. The number of amides is 1. The number of aryl methyl sites for hydroxylation is 1. The quantitative estimate of drug-likeness (QED) is 0.435. The van der Waals surface area contributed by atoms with Crippen molar-refractivity contribution in [2.45, 2.75) is 19.4 Å². The van der Waals surface area contributed by atoms with Gasteiger partial charge < -0.3 is 9.64 Å². The van der Waals surface area contributed by atoms with Gasteiger partial charge in [0.25, 0.3) is 0 Å². The number of para-hydroxylation sites is 1. The van der Waals surface area contributed by atoms with Crippen LogP contribution in [0.25, 0.3) is 16.7 Å². The van der Waals surface area contributed by atoms with Gasteiger partial charge in [-0.1, -0.05) is 24.8 Å². The van der Waals surface area contributed by atoms with Gasteiger partial charge >= 0.3 is 5.69 Å². The summed E-state index contributed by atoms with van der Waals surface area (Å²) in [6.07, 6.45) is 5.42. The molecule has 2 aromatic heterocycles. The molecule has 4 aromatic rings. The van der Waals surface area contributed by atoms with Gasteiger partial charge in [0, 0.05) is 19.3 Å². The Bertz CT molecular complexity index is 1400. The topological polar surface area (TPSA) is 69.4 Å². The van der Waals surface area contributed by atoms with Gasteiger partial charge in [-0.2, -0.15) is 0 Å². The molecule has 1 aliphatic rings. The SMILES string of the molecule is C=CC(=O)N1CCC(n2c(=O)n(-c3ccc(Oc4ccccc4C)cc3)c3cnccc32)C1. The van der Waals surface area contributed by atoms with Gasteiger partial charge in [0.05, 0.1) is 29.0 Å². The van der Waals surface area contributed by atoms with E-state index in [1.165, 1.54) is 6.08 Å². The third-order valence-electron chi connectivity index (χ3n) is 6.11. The van der Waals surface area contributed by atoms with Crippen LogP contribution >= 0.6 is 0 Å². The molecule has 0 bridgehead atoms. The van der Waals surface area contributed by atoms with Gasteiger partial charge in [0.15, 0.2) is 0 Å². The fraction of sp³-hybridized carbons (Fsp3) is 0.192. The lowest BCUT2D eigenvalue weighted by Gasteiger charge is -2.15. The molecule has 2 aromatic carbocycles. The highest BCUT2D eigenvalue weighted by atomic mass is 16.5. The number of carbonyl (C=O) groups is 1. The molecular weight excluding hydrogens is 416 g/mol. The number of aromatic nitrogens is 3. The van der Waals surface area contributed by atoms with Gasteiger partial charge in [0.2, 0.25) is 5.91 Å². The van der Waals surface area contributed by atoms with E-state index in [1.807, 2.05) is 61.5 Å². The van der Waals surface area contributed by atoms with Crippen LogP contribution in [0.5, 0.6) is 11.5 Å². The molecule has 1 aliphatic heterocycles. The molecule has 3 heterocycles. The van der Waals surface area contributed by atoms with Crippen LogP contribution in [0.15, 0.2) is 84.4 Å². The van der Waals surface area contributed by atoms with Crippen LogP contribution in [0.2, 0.25) is 0 Å². The van der Waals surface area contributed by atoms with E-state index in [1.54, 1.807) is 26.4 Å². The summed E-state index contributed by atoms with van der Waals surface area (Å²) in [6, 6.07) is 17.0. The number of hydrogen-bond acceptors (Lipinski definition) is 4. The Morgan fingerprint density at radius 3 is 2.67 bits per heavy atom. The Balaban J connectivity index is 1.51. The van der Waals surface area contributed by atoms with Gasteiger partial charge in [-0.25, -0.2) is 4.79 Å². The zero-order chi connectivity index (χ0) is 22.9. The van der Waals surface area contributed by atoms with Crippen LogP contribution in [0.4, 0.5) is 0 Å². The average Bonchev–Trinajstić information content (AvgIpc) is 3.43. The minimum Gasteiger partial charge on any atom is -0.457 e. The van der Waals surface area contributed by atoms with Crippen molar-refractivity contribution < 1.29 is 9.53 Å². The van der Waals surface area contributed by atoms with E-state index in [0.29, 0.717) is 25.3 Å². The predicted molar refractivity (Wildman–Crippen MR) is 127 cm³/mol. The van der Waals surface area contributed by atoms with Gasteiger partial charge in [-0.15, -0.1) is 0 Å². The Hall–Kier alpha value is -4.13. The molecule has 0 N–H and O–H groups in total. The first-order valence-electron chi connectivity index (χ1n) is 10.9. The van der Waals surface area contributed by atoms with Gasteiger partial charge in [0.1, 0.15) is 11.5 Å². The highest BCUT2D eigenvalue weighted by Crippen LogP contribution is 2.28. The normalized spacial score (nSPS) is 15.7. The van der Waals surface area contributed by atoms with Gasteiger partial charge in [-0.05, 0) is 61.4 Å². The summed E-state index contributed by atoms with van der Waals surface area (Å²) in [4.78, 5) is 31.6. The minimum absolute atomic E-state index is 0.101. The van der Waals surface area contributed by atoms with E-state index in [9.17, 15) is 9.59 Å². The molecule has 33 heavy (non-hydrogen) atoms. The van der Waals surface area contributed by atoms with Crippen LogP contribution in [-0.4, -0.2) is 38.0 Å². The lowest BCUT2D eigenvalue weighted by atomic mass is 10.2. The zero-order valence-corrected chi connectivity index (χ0v) is 18.3. The van der Waals surface area contributed by atoms with Crippen molar-refractivity contribution in [3.05, 3.63) is 95.7 Å². The average molecular weight is 441 g/mol. The largest absolute Gasteiger partial charge is 0.457 e. The number of likely N-dealkylation sites (tertiary alicyclic amines) is 1. The number of imidazole rings is 1. The number of rotatable bonds is 5. The highest BCUT2D eigenvalue weighted by molar-refractivity contribution is 5.87. The molecule has 0 radical (unpaired) electrons. The van der Waals surface area contributed by atoms with E-state index in [2.05, 4.69) is 11.6 Å². The smallest absolute Gasteiger partial charge is 0.334 e. The molecule has 1 saturated heterocycles. The monoisotopic (exact) mass is 440 g/mol. The van der Waals surface area contributed by atoms with Crippen molar-refractivity contribution in [2.75, 3.05) is 13.1 Å². The molecule has 1 amide bonds. The summed E-state index contributed by atoms with van der Waals surface area (Å²) in [6.45, 7) is 6.65. The zero-order valence-electron chi connectivity index (χ0n) is 18.3. The first kappa shape index (κ1) is 20.8. The third kappa shape index (κ3) is 3.71. The number of ether oxygens (including phenoxy) is 1. The number of fused-ring (bicyclic) bond motifs is 1. The summed E-state index contributed by atoms with van der Waals surface area (Å²) < 4.78 is 9.45. The molecule has 1 unspecified atom stereocenters. The van der Waals surface area contributed by atoms with E-state index in [-0.39, 0.29) is 17.6 Å². The molecule has 0 aliphatic carbocycles. The van der Waals surface area contributed by atoms with Crippen molar-refractivity contribution in [1.82, 2.24) is 19.0 Å². The maximum Gasteiger partial charge on any atom is 0.334 e. The standard InChI is InChI=1S/C26H24N4O3/c1-3-25(31)28-15-13-20(17-28)30-22-12-14-27-16-23(22)29(26(30)32)19-8-10-21(11-9-19)33-24-7-5-4-6-18(24)2/h3-12,14,16,20H,1,13,15,17H2,2H3. The summed E-state index contributed by atoms with van der Waals surface area (Å²) in [7, 11) is 0. The van der Waals surface area contributed by atoms with Gasteiger partial charge in [-0.3, -0.25) is 18.9 Å². The van der Waals surface area contributed by atoms with Crippen LogP contribution in [0.1, 0.15) is 18.0 Å². The number of hydrogen-bond donors (Lipinski definition) is 0. The van der Waals surface area contributed by atoms with Crippen molar-refractivity contribution in [3.63, 3.8) is 0 Å². The number of pyridine rings is 1. The number of carbonyl (C=O) groups excluding carboxylic acids is 1. The first-order valence-corrected chi connectivity index (χ1v) is 10.9. The maximum absolute atomic E-state index is 13.6. The molecule has 1 fully saturated rings. The summed E-state index contributed by atoms with van der Waals surface area (Å²) in [5.41, 5.74) is 3.15. The molecule has 1 atom stereocenters. The molecule has 0 saturated carbocycles. The number of nitrogens with zero attached hydrogens (tertiary/aromatic N) is 4. The Kier molecular flexibility index (Phi) is 5.30. The summed E-state index contributed by atoms with van der Waals surface area (Å²) >= 11 is 0. The second kappa shape index (κ2) is 8.43. The molecular formula is C26H24N4O3. The van der Waals surface area contributed by atoms with Crippen molar-refractivity contribution in [3.8, 4) is 17.2 Å². The van der Waals surface area contributed by atoms with E-state index < -0.39 is 0 Å². The second-order valence-corrected chi connectivity index (χ2v) is 8.14. The van der Waals surface area contributed by atoms with E-state index in [0.717, 1.165) is 28.0 Å². The van der Waals surface area contributed by atoms with E-state index in [4.69, 9.17) is 4.74 Å². The lowest BCUT2D eigenvalue weighted by molar-refractivity contribution is -0.125. The van der Waals surface area contributed by atoms with Crippen LogP contribution < -0.4 is 10.4 Å². The summed E-state index contributed by atoms with van der Waals surface area (Å²) in [5.74, 6) is 1.38. The molecule has 0 spiro atoms. The highest BCUT2D eigenvalue weighted by Gasteiger charge is 2.29. The fourth-order valence-electron chi connectivity index (χ4n) is 4.41. The molecule has 5 rings (SSSR count). The molecule has 7 heteroatoms. The van der Waals surface area contributed by atoms with E-state index >= 15 is 0 Å². The van der Waals surface area contributed by atoms with Crippen molar-refractivity contribution >= 4 is 16.9 Å². The predicted octanol–water partition coefficient (Wildman–Crippen LogP) is 4.25. The Morgan fingerprint density at radius 1 is 1.12 bits per heavy atom. The molecule has 7 nitrogen and oxygen atoms in total. The van der Waals surface area contributed by atoms with Crippen molar-refractivity contribution in [2.24, 2.45) is 0 Å². The minimum atomic E-state index is -0.150. The first-order chi connectivity index (χ1) is 16.1. The molecule has 166 valence electrons. The Labute approximate surface area is 191 Å². The fourth-order valence-corrected chi connectivity index (χ4v) is 4.41. The maximum atomic E-state index is 13.6.